The van der Waals surface area contributed by atoms with E-state index in [2.05, 4.69) is 25.6 Å². The number of hydrogen-bond acceptors (Lipinski definition) is 1. The fourth-order valence-electron chi connectivity index (χ4n) is 1.36. The molecule has 0 bridgehead atoms. The third kappa shape index (κ3) is 15.5. The van der Waals surface area contributed by atoms with Gasteiger partial charge in [-0.15, -0.1) is 0 Å². The van der Waals surface area contributed by atoms with Crippen molar-refractivity contribution in [3.63, 3.8) is 0 Å². The fourth-order valence-corrected chi connectivity index (χ4v) is 2.38. The molecule has 0 radical (unpaired) electrons. The van der Waals surface area contributed by atoms with Crippen LogP contribution in [0.15, 0.2) is 0 Å². The van der Waals surface area contributed by atoms with E-state index in [1.54, 1.807) is 0 Å². The van der Waals surface area contributed by atoms with E-state index in [-0.39, 0.29) is 21.1 Å². The van der Waals surface area contributed by atoms with E-state index in [4.69, 9.17) is 0 Å². The molecule has 0 aromatic rings. The zero-order chi connectivity index (χ0) is 9.78. The van der Waals surface area contributed by atoms with Crippen LogP contribution in [0.4, 0.5) is 0 Å². The smallest absolute Gasteiger partial charge is 0 e. The third-order valence-electron chi connectivity index (χ3n) is 2.28. The molecule has 0 N–H and O–H groups in total. The van der Waals surface area contributed by atoms with Crippen molar-refractivity contribution in [1.82, 2.24) is 0 Å². The summed E-state index contributed by atoms with van der Waals surface area (Å²) in [5.74, 6) is 2.79. The zero-order valence-corrected chi connectivity index (χ0v) is 12.7. The fraction of sp³-hybridized carbons (Fsp3) is 1.00. The molecule has 0 aliphatic heterocycles. The molecule has 14 heavy (non-hydrogen) atoms. The number of unbranched alkanes of at least 4 members (excludes halogenated alkanes) is 6. The van der Waals surface area contributed by atoms with Crippen LogP contribution in [0, 0.1) is 0 Å². The number of thioether (sulfide) groups is 1. The van der Waals surface area contributed by atoms with E-state index in [1.165, 1.54) is 62.9 Å². The van der Waals surface area contributed by atoms with Crippen LogP contribution in [0.1, 0.15) is 65.2 Å². The van der Waals surface area contributed by atoms with Crippen molar-refractivity contribution < 1.29 is 21.1 Å². The van der Waals surface area contributed by atoms with Gasteiger partial charge in [-0.1, -0.05) is 52.4 Å². The summed E-state index contributed by atoms with van der Waals surface area (Å²) in [4.78, 5) is 0. The molecule has 0 unspecified atom stereocenters. The molecule has 0 atom stereocenters. The van der Waals surface area contributed by atoms with Gasteiger partial charge in [-0.25, -0.2) is 0 Å². The van der Waals surface area contributed by atoms with Crippen LogP contribution in [-0.4, -0.2) is 11.5 Å². The van der Waals surface area contributed by atoms with Crippen LogP contribution in [0.25, 0.3) is 0 Å². The van der Waals surface area contributed by atoms with E-state index in [0.717, 1.165) is 0 Å². The van der Waals surface area contributed by atoms with Crippen LogP contribution in [0.5, 0.6) is 0 Å². The molecule has 0 aromatic carbocycles. The summed E-state index contributed by atoms with van der Waals surface area (Å²) >= 11 is 2.15. The first-order valence-corrected chi connectivity index (χ1v) is 7.15. The molecular formula is C12H26MoS. The summed E-state index contributed by atoms with van der Waals surface area (Å²) < 4.78 is 0. The molecule has 0 heterocycles. The molecule has 0 aliphatic rings. The van der Waals surface area contributed by atoms with Gasteiger partial charge in [0.25, 0.3) is 0 Å². The minimum atomic E-state index is 0. The Morgan fingerprint density at radius 2 is 1.07 bits per heavy atom. The molecule has 0 fully saturated rings. The maximum Gasteiger partial charge on any atom is 0 e. The Morgan fingerprint density at radius 3 is 1.43 bits per heavy atom. The second kappa shape index (κ2) is 16.5. The Morgan fingerprint density at radius 1 is 0.643 bits per heavy atom. The first kappa shape index (κ1) is 17.4. The molecule has 0 saturated carbocycles. The van der Waals surface area contributed by atoms with Gasteiger partial charge >= 0.3 is 0 Å². The van der Waals surface area contributed by atoms with E-state index < -0.39 is 0 Å². The first-order chi connectivity index (χ1) is 6.41. The van der Waals surface area contributed by atoms with Gasteiger partial charge in [0.2, 0.25) is 0 Å². The molecule has 0 nitrogen and oxygen atoms in total. The SMILES string of the molecule is CCCCCCSCCCCCC.[Mo]. The second-order valence-electron chi connectivity index (χ2n) is 3.73. The van der Waals surface area contributed by atoms with Crippen molar-refractivity contribution in [2.75, 3.05) is 11.5 Å². The Bertz CT molecular complexity index is 76.4. The minimum absolute atomic E-state index is 0. The first-order valence-electron chi connectivity index (χ1n) is 5.99. The van der Waals surface area contributed by atoms with E-state index in [1.807, 2.05) is 0 Å². The molecular weight excluding hydrogens is 272 g/mol. The quantitative estimate of drug-likeness (QED) is 0.409. The summed E-state index contributed by atoms with van der Waals surface area (Å²) in [7, 11) is 0. The van der Waals surface area contributed by atoms with E-state index in [9.17, 15) is 0 Å². The van der Waals surface area contributed by atoms with Crippen molar-refractivity contribution in [3.8, 4) is 0 Å². The Labute approximate surface area is 109 Å². The van der Waals surface area contributed by atoms with Gasteiger partial charge in [0.1, 0.15) is 0 Å². The van der Waals surface area contributed by atoms with Crippen molar-refractivity contribution in [2.45, 2.75) is 65.2 Å². The molecule has 0 aliphatic carbocycles. The Kier molecular flexibility index (Phi) is 20.5. The average molecular weight is 298 g/mol. The van der Waals surface area contributed by atoms with Gasteiger partial charge in [0.05, 0.1) is 0 Å². The number of hydrogen-bond donors (Lipinski definition) is 0. The molecule has 0 aromatic heterocycles. The molecule has 0 rings (SSSR count). The Balaban J connectivity index is 0. The maximum atomic E-state index is 2.28. The largest absolute Gasteiger partial charge is 0.162 e. The van der Waals surface area contributed by atoms with Crippen LogP contribution in [0.2, 0.25) is 0 Å². The summed E-state index contributed by atoms with van der Waals surface area (Å²) in [5, 5.41) is 0. The third-order valence-corrected chi connectivity index (χ3v) is 3.44. The van der Waals surface area contributed by atoms with Crippen molar-refractivity contribution in [3.05, 3.63) is 0 Å². The molecule has 0 amide bonds. The van der Waals surface area contributed by atoms with E-state index in [0.29, 0.717) is 0 Å². The molecule has 0 spiro atoms. The zero-order valence-electron chi connectivity index (χ0n) is 9.89. The van der Waals surface area contributed by atoms with Crippen LogP contribution in [0.3, 0.4) is 0 Å². The van der Waals surface area contributed by atoms with Gasteiger partial charge in [-0.3, -0.25) is 0 Å². The summed E-state index contributed by atoms with van der Waals surface area (Å²) in [5.41, 5.74) is 0. The summed E-state index contributed by atoms with van der Waals surface area (Å²) in [6.07, 6.45) is 11.3. The van der Waals surface area contributed by atoms with Crippen molar-refractivity contribution >= 4 is 11.8 Å². The molecule has 86 valence electrons. The predicted octanol–water partition coefficient (Wildman–Crippen LogP) is 4.88. The standard InChI is InChI=1S/C12H26S.Mo/c1-3-5-7-9-11-13-12-10-8-6-4-2;/h3-12H2,1-2H3;. The Hall–Kier alpha value is 1.04. The van der Waals surface area contributed by atoms with Crippen LogP contribution < -0.4 is 0 Å². The van der Waals surface area contributed by atoms with Crippen LogP contribution in [-0.2, 0) is 21.1 Å². The average Bonchev–Trinajstić information content (AvgIpc) is 2.16. The van der Waals surface area contributed by atoms with Gasteiger partial charge in [0.15, 0.2) is 0 Å². The van der Waals surface area contributed by atoms with Crippen molar-refractivity contribution in [2.24, 2.45) is 0 Å². The summed E-state index contributed by atoms with van der Waals surface area (Å²) in [6, 6.07) is 0. The van der Waals surface area contributed by atoms with Gasteiger partial charge in [0, 0.05) is 21.1 Å². The van der Waals surface area contributed by atoms with Gasteiger partial charge in [-0.2, -0.15) is 11.8 Å². The topological polar surface area (TPSA) is 0 Å². The van der Waals surface area contributed by atoms with Crippen molar-refractivity contribution in [1.29, 1.82) is 0 Å². The maximum absolute atomic E-state index is 2.28. The second-order valence-corrected chi connectivity index (χ2v) is 4.96. The van der Waals surface area contributed by atoms with Gasteiger partial charge < -0.3 is 0 Å². The van der Waals surface area contributed by atoms with Gasteiger partial charge in [-0.05, 0) is 24.3 Å². The molecule has 0 saturated heterocycles. The summed E-state index contributed by atoms with van der Waals surface area (Å²) in [6.45, 7) is 4.55. The predicted molar refractivity (Wildman–Crippen MR) is 65.6 cm³/mol. The normalized spacial score (nSPS) is 9.86. The molecule has 2 heteroatoms. The minimum Gasteiger partial charge on any atom is -0.162 e. The number of rotatable bonds is 10. The monoisotopic (exact) mass is 300 g/mol. The van der Waals surface area contributed by atoms with Crippen LogP contribution >= 0.6 is 11.8 Å². The van der Waals surface area contributed by atoms with E-state index >= 15 is 0 Å².